The number of aromatic nitrogens is 2. The quantitative estimate of drug-likeness (QED) is 0.626. The Morgan fingerprint density at radius 1 is 1.70 bits per heavy atom. The van der Waals surface area contributed by atoms with Crippen molar-refractivity contribution in [3.8, 4) is 0 Å². The van der Waals surface area contributed by atoms with E-state index in [1.54, 1.807) is 0 Å². The van der Waals surface area contributed by atoms with Crippen molar-refractivity contribution < 1.29 is 4.74 Å². The van der Waals surface area contributed by atoms with Crippen LogP contribution in [0.2, 0.25) is 0 Å². The first kappa shape index (κ1) is 5.92. The number of nitrogens with one attached hydrogen (secondary N) is 1. The van der Waals surface area contributed by atoms with Crippen molar-refractivity contribution in [2.75, 3.05) is 13.2 Å². The third-order valence-electron chi connectivity index (χ3n) is 1.92. The van der Waals surface area contributed by atoms with Gasteiger partial charge < -0.3 is 4.74 Å². The molecule has 0 unspecified atom stereocenters. The smallest absolute Gasteiger partial charge is 0.0536 e. The summed E-state index contributed by atoms with van der Waals surface area (Å²) in [5.41, 5.74) is 1.28. The maximum Gasteiger partial charge on any atom is 0.0536 e. The summed E-state index contributed by atoms with van der Waals surface area (Å²) >= 11 is 0. The van der Waals surface area contributed by atoms with Gasteiger partial charge in [-0.3, -0.25) is 5.10 Å². The summed E-state index contributed by atoms with van der Waals surface area (Å²) in [5, 5.41) is 6.69. The lowest BCUT2D eigenvalue weighted by Gasteiger charge is -2.00. The fourth-order valence-corrected chi connectivity index (χ4v) is 1.28. The van der Waals surface area contributed by atoms with Crippen LogP contribution in [-0.2, 0) is 4.74 Å². The van der Waals surface area contributed by atoms with Crippen LogP contribution in [-0.4, -0.2) is 23.4 Å². The lowest BCUT2D eigenvalue weighted by Crippen LogP contribution is -1.94. The van der Waals surface area contributed by atoms with Gasteiger partial charge in [-0.05, 0) is 12.0 Å². The van der Waals surface area contributed by atoms with Gasteiger partial charge in [0.1, 0.15) is 0 Å². The van der Waals surface area contributed by atoms with E-state index in [0.717, 1.165) is 19.6 Å². The third-order valence-corrected chi connectivity index (χ3v) is 1.92. The molecule has 0 aromatic carbocycles. The Morgan fingerprint density at radius 3 is 3.30 bits per heavy atom. The molecule has 0 saturated carbocycles. The molecule has 10 heavy (non-hydrogen) atoms. The van der Waals surface area contributed by atoms with E-state index in [0.29, 0.717) is 5.92 Å². The van der Waals surface area contributed by atoms with E-state index >= 15 is 0 Å². The highest BCUT2D eigenvalue weighted by Crippen LogP contribution is 2.23. The molecule has 1 saturated heterocycles. The predicted molar refractivity (Wildman–Crippen MR) is 36.8 cm³/mol. The molecule has 3 nitrogen and oxygen atoms in total. The second-order valence-electron chi connectivity index (χ2n) is 2.59. The number of ether oxygens (including phenoxy) is 1. The molecular weight excluding hydrogens is 128 g/mol. The van der Waals surface area contributed by atoms with Gasteiger partial charge in [-0.25, -0.2) is 0 Å². The van der Waals surface area contributed by atoms with Crippen LogP contribution in [0.4, 0.5) is 0 Å². The molecule has 0 amide bonds. The first-order valence-corrected chi connectivity index (χ1v) is 3.53. The number of aromatic amines is 1. The predicted octanol–water partition coefficient (Wildman–Crippen LogP) is 0.914. The molecule has 0 bridgehead atoms. The highest BCUT2D eigenvalue weighted by atomic mass is 16.5. The molecule has 2 rings (SSSR count). The zero-order chi connectivity index (χ0) is 6.81. The largest absolute Gasteiger partial charge is 0.381 e. The second kappa shape index (κ2) is 2.42. The summed E-state index contributed by atoms with van der Waals surface area (Å²) in [4.78, 5) is 0. The van der Waals surface area contributed by atoms with E-state index in [1.807, 2.05) is 12.4 Å². The number of nitrogens with zero attached hydrogens (tertiary/aromatic N) is 1. The van der Waals surface area contributed by atoms with Crippen molar-refractivity contribution in [1.29, 1.82) is 0 Å². The summed E-state index contributed by atoms with van der Waals surface area (Å²) in [6, 6.07) is 0. The van der Waals surface area contributed by atoms with Gasteiger partial charge in [0, 0.05) is 18.7 Å². The topological polar surface area (TPSA) is 37.9 Å². The molecule has 3 heteroatoms. The van der Waals surface area contributed by atoms with Crippen LogP contribution in [0.25, 0.3) is 0 Å². The molecule has 0 aliphatic carbocycles. The summed E-state index contributed by atoms with van der Waals surface area (Å²) in [7, 11) is 0. The van der Waals surface area contributed by atoms with Gasteiger partial charge in [0.15, 0.2) is 0 Å². The molecule has 1 aliphatic rings. The van der Waals surface area contributed by atoms with Gasteiger partial charge in [0.25, 0.3) is 0 Å². The fraction of sp³-hybridized carbons (Fsp3) is 0.571. The monoisotopic (exact) mass is 138 g/mol. The maximum absolute atomic E-state index is 5.24. The highest BCUT2D eigenvalue weighted by Gasteiger charge is 2.17. The first-order valence-electron chi connectivity index (χ1n) is 3.53. The number of H-pyrrole nitrogens is 1. The van der Waals surface area contributed by atoms with Crippen molar-refractivity contribution >= 4 is 0 Å². The molecule has 1 aliphatic heterocycles. The van der Waals surface area contributed by atoms with E-state index in [9.17, 15) is 0 Å². The normalized spacial score (nSPS) is 25.4. The average Bonchev–Trinajstić information content (AvgIpc) is 2.59. The second-order valence-corrected chi connectivity index (χ2v) is 2.59. The van der Waals surface area contributed by atoms with Gasteiger partial charge in [-0.1, -0.05) is 0 Å². The minimum absolute atomic E-state index is 0.582. The van der Waals surface area contributed by atoms with Crippen molar-refractivity contribution in [3.63, 3.8) is 0 Å². The molecule has 2 heterocycles. The molecule has 0 spiro atoms. The number of rotatable bonds is 1. The Labute approximate surface area is 59.4 Å². The Bertz CT molecular complexity index is 189. The SMILES string of the molecule is c1n[nH]cc1[C@H]1CCOC1. The Morgan fingerprint density at radius 2 is 2.70 bits per heavy atom. The lowest BCUT2D eigenvalue weighted by molar-refractivity contribution is 0.194. The summed E-state index contributed by atoms with van der Waals surface area (Å²) < 4.78 is 5.24. The van der Waals surface area contributed by atoms with E-state index in [-0.39, 0.29) is 0 Å². The molecule has 1 atom stereocenters. The Hall–Kier alpha value is -0.830. The van der Waals surface area contributed by atoms with Crippen molar-refractivity contribution in [2.24, 2.45) is 0 Å². The Balaban J connectivity index is 2.12. The Kier molecular flexibility index (Phi) is 1.43. The molecule has 1 fully saturated rings. The average molecular weight is 138 g/mol. The van der Waals surface area contributed by atoms with Crippen LogP contribution >= 0.6 is 0 Å². The number of hydrogen-bond acceptors (Lipinski definition) is 2. The third kappa shape index (κ3) is 0.926. The maximum atomic E-state index is 5.24. The van der Waals surface area contributed by atoms with Crippen molar-refractivity contribution in [1.82, 2.24) is 10.2 Å². The molecule has 54 valence electrons. The van der Waals surface area contributed by atoms with Crippen LogP contribution in [0, 0.1) is 0 Å². The standard InChI is InChI=1S/C7H10N2O/c1-2-10-5-6(1)7-3-8-9-4-7/h3-4,6H,1-2,5H2,(H,8,9)/t6-/m0/s1. The van der Waals surface area contributed by atoms with Crippen LogP contribution in [0.3, 0.4) is 0 Å². The minimum Gasteiger partial charge on any atom is -0.381 e. The van der Waals surface area contributed by atoms with E-state index in [1.165, 1.54) is 5.56 Å². The van der Waals surface area contributed by atoms with E-state index in [2.05, 4.69) is 10.2 Å². The van der Waals surface area contributed by atoms with E-state index in [4.69, 9.17) is 4.74 Å². The van der Waals surface area contributed by atoms with E-state index < -0.39 is 0 Å². The summed E-state index contributed by atoms with van der Waals surface area (Å²) in [6.07, 6.45) is 4.96. The molecule has 1 aromatic heterocycles. The molecule has 0 radical (unpaired) electrons. The number of hydrogen-bond donors (Lipinski definition) is 1. The lowest BCUT2D eigenvalue weighted by atomic mass is 10.0. The van der Waals surface area contributed by atoms with Gasteiger partial charge in [-0.15, -0.1) is 0 Å². The van der Waals surface area contributed by atoms with Crippen molar-refractivity contribution in [3.05, 3.63) is 18.0 Å². The van der Waals surface area contributed by atoms with Gasteiger partial charge in [0.2, 0.25) is 0 Å². The van der Waals surface area contributed by atoms with Crippen LogP contribution in [0.15, 0.2) is 12.4 Å². The zero-order valence-corrected chi connectivity index (χ0v) is 5.71. The van der Waals surface area contributed by atoms with Crippen LogP contribution < -0.4 is 0 Å². The molecular formula is C7H10N2O. The highest BCUT2D eigenvalue weighted by molar-refractivity contribution is 5.11. The minimum atomic E-state index is 0.582. The van der Waals surface area contributed by atoms with Crippen LogP contribution in [0.1, 0.15) is 17.9 Å². The van der Waals surface area contributed by atoms with Gasteiger partial charge in [-0.2, -0.15) is 5.10 Å². The molecule has 1 aromatic rings. The van der Waals surface area contributed by atoms with Gasteiger partial charge in [0.05, 0.1) is 12.8 Å². The zero-order valence-electron chi connectivity index (χ0n) is 5.71. The summed E-state index contributed by atoms with van der Waals surface area (Å²) in [5.74, 6) is 0.582. The van der Waals surface area contributed by atoms with Gasteiger partial charge >= 0.3 is 0 Å². The molecule has 1 N–H and O–H groups in total. The van der Waals surface area contributed by atoms with Crippen molar-refractivity contribution in [2.45, 2.75) is 12.3 Å². The summed E-state index contributed by atoms with van der Waals surface area (Å²) in [6.45, 7) is 1.76. The fourth-order valence-electron chi connectivity index (χ4n) is 1.28. The first-order chi connectivity index (χ1) is 4.97. The van der Waals surface area contributed by atoms with Crippen LogP contribution in [0.5, 0.6) is 0 Å².